The first-order valence-corrected chi connectivity index (χ1v) is 11.2. The van der Waals surface area contributed by atoms with Crippen molar-refractivity contribution in [2.45, 2.75) is 12.5 Å². The van der Waals surface area contributed by atoms with Gasteiger partial charge < -0.3 is 21.5 Å². The van der Waals surface area contributed by atoms with Gasteiger partial charge in [0, 0.05) is 16.6 Å². The standard InChI is InChI=1S/C26H23ClN6O2/c27-19-12-10-17(11-13-19)20(28)16-25(34)35-23-9-5-4-8-22(23)30-26(29)31-24-15-14-21(32-33-24)18-6-2-1-3-7-18/h1-15,20H,16,28H2,(H3,29,30,31,33). The van der Waals surface area contributed by atoms with E-state index in [9.17, 15) is 4.79 Å². The molecule has 0 radical (unpaired) electrons. The highest BCUT2D eigenvalue weighted by Gasteiger charge is 2.15. The summed E-state index contributed by atoms with van der Waals surface area (Å²) < 4.78 is 5.53. The Labute approximate surface area is 207 Å². The molecule has 0 aliphatic rings. The molecule has 9 heteroatoms. The van der Waals surface area contributed by atoms with Crippen LogP contribution in [0.2, 0.25) is 5.02 Å². The Morgan fingerprint density at radius 3 is 2.37 bits per heavy atom. The molecule has 1 heterocycles. The zero-order chi connectivity index (χ0) is 24.6. The molecular weight excluding hydrogens is 464 g/mol. The molecule has 0 saturated carbocycles. The molecule has 0 bridgehead atoms. The van der Waals surface area contributed by atoms with Crippen molar-refractivity contribution in [3.8, 4) is 17.0 Å². The fourth-order valence-electron chi connectivity index (χ4n) is 3.27. The minimum Gasteiger partial charge on any atom is -0.424 e. The van der Waals surface area contributed by atoms with E-state index in [4.69, 9.17) is 27.8 Å². The van der Waals surface area contributed by atoms with Crippen molar-refractivity contribution >= 4 is 35.0 Å². The van der Waals surface area contributed by atoms with Gasteiger partial charge in [-0.05, 0) is 42.0 Å². The fraction of sp³-hybridized carbons (Fsp3) is 0.0769. The molecule has 0 fully saturated rings. The van der Waals surface area contributed by atoms with Crippen LogP contribution in [0, 0.1) is 0 Å². The van der Waals surface area contributed by atoms with Gasteiger partial charge in [0.15, 0.2) is 17.5 Å². The van der Waals surface area contributed by atoms with Crippen LogP contribution in [0.3, 0.4) is 0 Å². The highest BCUT2D eigenvalue weighted by atomic mass is 35.5. The summed E-state index contributed by atoms with van der Waals surface area (Å²) in [6.07, 6.45) is -0.0110. The number of carbonyl (C=O) groups is 1. The van der Waals surface area contributed by atoms with Gasteiger partial charge in [-0.3, -0.25) is 4.79 Å². The maximum Gasteiger partial charge on any atom is 0.313 e. The first-order valence-electron chi connectivity index (χ1n) is 10.8. The van der Waals surface area contributed by atoms with Gasteiger partial charge >= 0.3 is 5.97 Å². The van der Waals surface area contributed by atoms with Gasteiger partial charge in [-0.25, -0.2) is 0 Å². The second-order valence-corrected chi connectivity index (χ2v) is 8.03. The Hall–Kier alpha value is -4.27. The zero-order valence-electron chi connectivity index (χ0n) is 18.6. The number of para-hydroxylation sites is 2. The molecule has 3 aromatic carbocycles. The van der Waals surface area contributed by atoms with Crippen LogP contribution in [-0.4, -0.2) is 22.1 Å². The lowest BCUT2D eigenvalue weighted by Gasteiger charge is -2.14. The number of guanidine groups is 1. The van der Waals surface area contributed by atoms with Crippen molar-refractivity contribution in [1.29, 1.82) is 0 Å². The van der Waals surface area contributed by atoms with Crippen molar-refractivity contribution in [3.63, 3.8) is 0 Å². The number of ether oxygens (including phenoxy) is 1. The number of hydrogen-bond donors (Lipinski definition) is 3. The van der Waals surface area contributed by atoms with Crippen LogP contribution in [0.5, 0.6) is 5.75 Å². The van der Waals surface area contributed by atoms with Crippen LogP contribution >= 0.6 is 11.6 Å². The van der Waals surface area contributed by atoms with Crippen LogP contribution in [0.4, 0.5) is 11.5 Å². The van der Waals surface area contributed by atoms with Gasteiger partial charge in [0.25, 0.3) is 0 Å². The lowest BCUT2D eigenvalue weighted by atomic mass is 10.1. The van der Waals surface area contributed by atoms with E-state index in [1.54, 1.807) is 54.6 Å². The number of nitrogens with one attached hydrogen (secondary N) is 1. The van der Waals surface area contributed by atoms with Crippen LogP contribution in [-0.2, 0) is 4.79 Å². The summed E-state index contributed by atoms with van der Waals surface area (Å²) in [5.74, 6) is 0.204. The number of hydrogen-bond acceptors (Lipinski definition) is 6. The molecule has 5 N–H and O–H groups in total. The van der Waals surface area contributed by atoms with E-state index >= 15 is 0 Å². The molecule has 0 aliphatic heterocycles. The van der Waals surface area contributed by atoms with E-state index in [0.29, 0.717) is 22.3 Å². The SMILES string of the molecule is NC(=Nc1ccc(-c2ccccc2)nn1)Nc1ccccc1OC(=O)CC(N)c1ccc(Cl)cc1. The lowest BCUT2D eigenvalue weighted by molar-refractivity contribution is -0.134. The average Bonchev–Trinajstić information content (AvgIpc) is 2.86. The second-order valence-electron chi connectivity index (χ2n) is 7.60. The predicted octanol–water partition coefficient (Wildman–Crippen LogP) is 4.85. The molecule has 8 nitrogen and oxygen atoms in total. The molecule has 1 aromatic heterocycles. The van der Waals surface area contributed by atoms with E-state index in [1.807, 2.05) is 36.4 Å². The van der Waals surface area contributed by atoms with Crippen molar-refractivity contribution in [2.75, 3.05) is 5.32 Å². The average molecular weight is 487 g/mol. The van der Waals surface area contributed by atoms with Gasteiger partial charge in [0.05, 0.1) is 17.8 Å². The molecule has 0 amide bonds. The van der Waals surface area contributed by atoms with Crippen molar-refractivity contribution < 1.29 is 9.53 Å². The maximum absolute atomic E-state index is 12.5. The monoisotopic (exact) mass is 486 g/mol. The van der Waals surface area contributed by atoms with Gasteiger partial charge in [0.2, 0.25) is 0 Å². The normalized spacial score (nSPS) is 12.1. The number of carbonyl (C=O) groups excluding carboxylic acids is 1. The summed E-state index contributed by atoms with van der Waals surface area (Å²) >= 11 is 5.91. The molecule has 4 rings (SSSR count). The van der Waals surface area contributed by atoms with Gasteiger partial charge in [-0.1, -0.05) is 66.2 Å². The van der Waals surface area contributed by atoms with Crippen LogP contribution < -0.4 is 21.5 Å². The van der Waals surface area contributed by atoms with Gasteiger partial charge in [0.1, 0.15) is 0 Å². The van der Waals surface area contributed by atoms with Gasteiger partial charge in [-0.2, -0.15) is 4.99 Å². The number of halogens is 1. The maximum atomic E-state index is 12.5. The Morgan fingerprint density at radius 2 is 1.66 bits per heavy atom. The number of anilines is 1. The number of aliphatic imine (C=N–C) groups is 1. The predicted molar refractivity (Wildman–Crippen MR) is 137 cm³/mol. The third kappa shape index (κ3) is 6.63. The second kappa shape index (κ2) is 11.2. The molecule has 176 valence electrons. The topological polar surface area (TPSA) is 129 Å². The zero-order valence-corrected chi connectivity index (χ0v) is 19.4. The molecule has 0 aliphatic carbocycles. The van der Waals surface area contributed by atoms with Crippen LogP contribution in [0.15, 0.2) is 96.0 Å². The minimum absolute atomic E-state index is 0.0110. The van der Waals surface area contributed by atoms with E-state index < -0.39 is 12.0 Å². The quantitative estimate of drug-likeness (QED) is 0.147. The molecular formula is C26H23ClN6O2. The molecule has 4 aromatic rings. The van der Waals surface area contributed by atoms with Gasteiger partial charge in [-0.15, -0.1) is 10.2 Å². The lowest BCUT2D eigenvalue weighted by Crippen LogP contribution is -2.23. The summed E-state index contributed by atoms with van der Waals surface area (Å²) in [6, 6.07) is 26.6. The van der Waals surface area contributed by atoms with Crippen LogP contribution in [0.1, 0.15) is 18.0 Å². The molecule has 1 unspecified atom stereocenters. The highest BCUT2D eigenvalue weighted by Crippen LogP contribution is 2.26. The van der Waals surface area contributed by atoms with E-state index in [1.165, 1.54) is 0 Å². The first-order chi connectivity index (χ1) is 17.0. The fourth-order valence-corrected chi connectivity index (χ4v) is 3.39. The Kier molecular flexibility index (Phi) is 7.67. The molecule has 35 heavy (non-hydrogen) atoms. The number of esters is 1. The minimum atomic E-state index is -0.524. The number of rotatable bonds is 7. The summed E-state index contributed by atoms with van der Waals surface area (Å²) in [6.45, 7) is 0. The van der Waals surface area contributed by atoms with E-state index in [2.05, 4.69) is 20.5 Å². The number of nitrogens with two attached hydrogens (primary N) is 2. The number of benzene rings is 3. The number of aromatic nitrogens is 2. The molecule has 1 atom stereocenters. The van der Waals surface area contributed by atoms with Crippen molar-refractivity contribution in [1.82, 2.24) is 10.2 Å². The smallest absolute Gasteiger partial charge is 0.313 e. The Balaban J connectivity index is 1.40. The van der Waals surface area contributed by atoms with Crippen LogP contribution in [0.25, 0.3) is 11.3 Å². The number of nitrogens with zero attached hydrogens (tertiary/aromatic N) is 3. The van der Waals surface area contributed by atoms with E-state index in [-0.39, 0.29) is 12.4 Å². The van der Waals surface area contributed by atoms with Crippen molar-refractivity contribution in [2.24, 2.45) is 16.5 Å². The summed E-state index contributed by atoms with van der Waals surface area (Å²) in [5, 5.41) is 11.8. The highest BCUT2D eigenvalue weighted by molar-refractivity contribution is 6.30. The Morgan fingerprint density at radius 1 is 0.943 bits per heavy atom. The summed E-state index contributed by atoms with van der Waals surface area (Å²) in [7, 11) is 0. The first kappa shape index (κ1) is 23.9. The Bertz CT molecular complexity index is 1310. The largest absolute Gasteiger partial charge is 0.424 e. The molecule has 0 saturated heterocycles. The summed E-state index contributed by atoms with van der Waals surface area (Å²) in [5.41, 5.74) is 15.1. The molecule has 0 spiro atoms. The summed E-state index contributed by atoms with van der Waals surface area (Å²) in [4.78, 5) is 16.7. The van der Waals surface area contributed by atoms with Crippen molar-refractivity contribution in [3.05, 3.63) is 102 Å². The third-order valence-corrected chi connectivity index (χ3v) is 5.27. The van der Waals surface area contributed by atoms with E-state index in [0.717, 1.165) is 16.8 Å². The third-order valence-electron chi connectivity index (χ3n) is 5.01.